The maximum Gasteiger partial charge on any atom is 0.0628 e. The second kappa shape index (κ2) is 5.16. The zero-order valence-corrected chi connectivity index (χ0v) is 10.3. The highest BCUT2D eigenvalue weighted by atomic mass is 15.2. The predicted molar refractivity (Wildman–Crippen MR) is 69.3 cm³/mol. The number of nitriles is 1. The van der Waals surface area contributed by atoms with Crippen molar-refractivity contribution in [3.8, 4) is 6.07 Å². The summed E-state index contributed by atoms with van der Waals surface area (Å²) in [5, 5.41) is 8.78. The monoisotopic (exact) mass is 226 g/mol. The van der Waals surface area contributed by atoms with E-state index in [0.29, 0.717) is 18.4 Å². The second-order valence-corrected chi connectivity index (χ2v) is 4.73. The molecule has 1 fully saturated rings. The summed E-state index contributed by atoms with van der Waals surface area (Å²) in [6.45, 7) is 8.19. The molecule has 2 rings (SSSR count). The van der Waals surface area contributed by atoms with Gasteiger partial charge >= 0.3 is 0 Å². The third-order valence-electron chi connectivity index (χ3n) is 3.61. The Morgan fingerprint density at radius 3 is 2.82 bits per heavy atom. The SMILES string of the molecule is C=C1CN([C@@H](C)c2ccccc2)C[C@H]1CC#N. The first kappa shape index (κ1) is 11.9. The molecular weight excluding hydrogens is 208 g/mol. The van der Waals surface area contributed by atoms with E-state index in [-0.39, 0.29) is 0 Å². The van der Waals surface area contributed by atoms with E-state index in [4.69, 9.17) is 5.26 Å². The molecule has 0 N–H and O–H groups in total. The highest BCUT2D eigenvalue weighted by Gasteiger charge is 2.29. The van der Waals surface area contributed by atoms with Crippen LogP contribution in [0.15, 0.2) is 42.5 Å². The summed E-state index contributed by atoms with van der Waals surface area (Å²) in [4.78, 5) is 2.40. The molecule has 2 heteroatoms. The zero-order chi connectivity index (χ0) is 12.3. The molecule has 0 bridgehead atoms. The third-order valence-corrected chi connectivity index (χ3v) is 3.61. The van der Waals surface area contributed by atoms with Gasteiger partial charge in [0.05, 0.1) is 6.07 Å². The van der Waals surface area contributed by atoms with E-state index in [0.717, 1.165) is 13.1 Å². The van der Waals surface area contributed by atoms with Crippen molar-refractivity contribution in [2.24, 2.45) is 5.92 Å². The Morgan fingerprint density at radius 1 is 1.47 bits per heavy atom. The Hall–Kier alpha value is -1.59. The highest BCUT2D eigenvalue weighted by Crippen LogP contribution is 2.31. The van der Waals surface area contributed by atoms with Gasteiger partial charge in [-0.15, -0.1) is 0 Å². The first-order valence-corrected chi connectivity index (χ1v) is 6.06. The van der Waals surface area contributed by atoms with Crippen LogP contribution in [0.1, 0.15) is 24.9 Å². The Balaban J connectivity index is 2.06. The minimum absolute atomic E-state index is 0.353. The van der Waals surface area contributed by atoms with Gasteiger partial charge in [0.2, 0.25) is 0 Å². The minimum atomic E-state index is 0.353. The Kier molecular flexibility index (Phi) is 3.61. The molecule has 1 aliphatic heterocycles. The fourth-order valence-corrected chi connectivity index (χ4v) is 2.42. The summed E-state index contributed by atoms with van der Waals surface area (Å²) < 4.78 is 0. The second-order valence-electron chi connectivity index (χ2n) is 4.73. The normalized spacial score (nSPS) is 22.4. The Bertz CT molecular complexity index is 430. The van der Waals surface area contributed by atoms with Crippen molar-refractivity contribution < 1.29 is 0 Å². The molecular formula is C15H18N2. The summed E-state index contributed by atoms with van der Waals surface area (Å²) in [5.74, 6) is 0.353. The van der Waals surface area contributed by atoms with Crippen LogP contribution in [0.2, 0.25) is 0 Å². The molecule has 0 radical (unpaired) electrons. The number of nitrogens with zero attached hydrogens (tertiary/aromatic N) is 2. The largest absolute Gasteiger partial charge is 0.292 e. The van der Waals surface area contributed by atoms with E-state index >= 15 is 0 Å². The van der Waals surface area contributed by atoms with E-state index in [1.807, 2.05) is 6.07 Å². The van der Waals surface area contributed by atoms with Crippen molar-refractivity contribution in [3.05, 3.63) is 48.0 Å². The van der Waals surface area contributed by atoms with Gasteiger partial charge in [0.1, 0.15) is 0 Å². The van der Waals surface area contributed by atoms with Gasteiger partial charge in [0.25, 0.3) is 0 Å². The maximum atomic E-state index is 8.78. The predicted octanol–water partition coefficient (Wildman–Crippen LogP) is 3.15. The van der Waals surface area contributed by atoms with E-state index in [1.54, 1.807) is 0 Å². The van der Waals surface area contributed by atoms with Crippen LogP contribution in [0.3, 0.4) is 0 Å². The van der Waals surface area contributed by atoms with Crippen molar-refractivity contribution in [3.63, 3.8) is 0 Å². The lowest BCUT2D eigenvalue weighted by Crippen LogP contribution is -2.24. The van der Waals surface area contributed by atoms with Crippen molar-refractivity contribution in [1.82, 2.24) is 4.90 Å². The van der Waals surface area contributed by atoms with E-state index < -0.39 is 0 Å². The maximum absolute atomic E-state index is 8.78. The van der Waals surface area contributed by atoms with Gasteiger partial charge in [-0.1, -0.05) is 42.5 Å². The fraction of sp³-hybridized carbons (Fsp3) is 0.400. The van der Waals surface area contributed by atoms with Gasteiger partial charge in [0.15, 0.2) is 0 Å². The van der Waals surface area contributed by atoms with Crippen molar-refractivity contribution >= 4 is 0 Å². The summed E-state index contributed by atoms with van der Waals surface area (Å²) in [5.41, 5.74) is 2.53. The number of hydrogen-bond acceptors (Lipinski definition) is 2. The summed E-state index contributed by atoms with van der Waals surface area (Å²) in [7, 11) is 0. The van der Waals surface area contributed by atoms with E-state index in [2.05, 4.69) is 48.7 Å². The van der Waals surface area contributed by atoms with E-state index in [1.165, 1.54) is 11.1 Å². The minimum Gasteiger partial charge on any atom is -0.292 e. The lowest BCUT2D eigenvalue weighted by molar-refractivity contribution is 0.254. The molecule has 1 aromatic rings. The molecule has 17 heavy (non-hydrogen) atoms. The van der Waals surface area contributed by atoms with E-state index in [9.17, 15) is 0 Å². The molecule has 1 heterocycles. The molecule has 1 aromatic carbocycles. The van der Waals surface area contributed by atoms with Gasteiger partial charge in [-0.3, -0.25) is 4.90 Å². The van der Waals surface area contributed by atoms with Crippen LogP contribution < -0.4 is 0 Å². The molecule has 2 atom stereocenters. The van der Waals surface area contributed by atoms with Crippen LogP contribution in [-0.2, 0) is 0 Å². The lowest BCUT2D eigenvalue weighted by Gasteiger charge is -2.24. The average Bonchev–Trinajstić information content (AvgIpc) is 2.72. The topological polar surface area (TPSA) is 27.0 Å². The van der Waals surface area contributed by atoms with Crippen LogP contribution in [0, 0.1) is 17.2 Å². The molecule has 0 spiro atoms. The number of benzene rings is 1. The molecule has 0 aromatic heterocycles. The molecule has 88 valence electrons. The molecule has 1 saturated heterocycles. The summed E-state index contributed by atoms with van der Waals surface area (Å²) in [6, 6.07) is 13.2. The van der Waals surface area contributed by atoms with Crippen molar-refractivity contribution in [1.29, 1.82) is 5.26 Å². The van der Waals surface area contributed by atoms with Gasteiger partial charge in [-0.05, 0) is 12.5 Å². The van der Waals surface area contributed by atoms with Gasteiger partial charge in [-0.2, -0.15) is 5.26 Å². The third kappa shape index (κ3) is 2.57. The van der Waals surface area contributed by atoms with Crippen LogP contribution >= 0.6 is 0 Å². The highest BCUT2D eigenvalue weighted by molar-refractivity contribution is 5.21. The quantitative estimate of drug-likeness (QED) is 0.740. The Labute approximate surface area is 103 Å². The summed E-state index contributed by atoms with van der Waals surface area (Å²) in [6.07, 6.45) is 0.594. The van der Waals surface area contributed by atoms with Crippen LogP contribution in [0.25, 0.3) is 0 Å². The van der Waals surface area contributed by atoms with Gasteiger partial charge in [0, 0.05) is 31.5 Å². The molecule has 1 aliphatic rings. The summed E-state index contributed by atoms with van der Waals surface area (Å²) >= 11 is 0. The molecule has 0 amide bonds. The molecule has 2 nitrogen and oxygen atoms in total. The van der Waals surface area contributed by atoms with Crippen molar-refractivity contribution in [2.75, 3.05) is 13.1 Å². The van der Waals surface area contributed by atoms with Crippen LogP contribution in [0.5, 0.6) is 0 Å². The molecule has 0 aliphatic carbocycles. The van der Waals surface area contributed by atoms with Gasteiger partial charge < -0.3 is 0 Å². The first-order chi connectivity index (χ1) is 8.22. The van der Waals surface area contributed by atoms with Crippen LogP contribution in [-0.4, -0.2) is 18.0 Å². The molecule has 0 unspecified atom stereocenters. The molecule has 0 saturated carbocycles. The number of rotatable bonds is 3. The number of hydrogen-bond donors (Lipinski definition) is 0. The zero-order valence-electron chi connectivity index (χ0n) is 10.3. The van der Waals surface area contributed by atoms with Crippen molar-refractivity contribution in [2.45, 2.75) is 19.4 Å². The van der Waals surface area contributed by atoms with Crippen LogP contribution in [0.4, 0.5) is 0 Å². The van der Waals surface area contributed by atoms with Gasteiger partial charge in [-0.25, -0.2) is 0 Å². The first-order valence-electron chi connectivity index (χ1n) is 6.06. The Morgan fingerprint density at radius 2 is 2.18 bits per heavy atom. The standard InChI is InChI=1S/C15H18N2/c1-12-10-17(11-15(12)8-9-16)13(2)14-6-4-3-5-7-14/h3-7,13,15H,1,8,10-11H2,2H3/t13-,15+/m0/s1. The average molecular weight is 226 g/mol. The number of likely N-dealkylation sites (tertiary alicyclic amines) is 1. The smallest absolute Gasteiger partial charge is 0.0628 e. The lowest BCUT2D eigenvalue weighted by atomic mass is 10.0. The fourth-order valence-electron chi connectivity index (χ4n) is 2.42.